The minimum absolute atomic E-state index is 0.132. The smallest absolute Gasteiger partial charge is 0.341 e. The quantitative estimate of drug-likeness (QED) is 0.500. The number of methoxy groups -OCH3 is 1. The van der Waals surface area contributed by atoms with Crippen LogP contribution >= 0.6 is 11.3 Å². The Labute approximate surface area is 179 Å². The van der Waals surface area contributed by atoms with Gasteiger partial charge in [0.25, 0.3) is 0 Å². The van der Waals surface area contributed by atoms with Crippen LogP contribution in [0.4, 0.5) is 5.00 Å². The summed E-state index contributed by atoms with van der Waals surface area (Å²) in [5.74, 6) is 0.0430. The number of esters is 1. The van der Waals surface area contributed by atoms with Crippen LogP contribution in [0, 0.1) is 0 Å². The number of hydrogen-bond donors (Lipinski definition) is 2. The Hall–Kier alpha value is -3.16. The van der Waals surface area contributed by atoms with Crippen molar-refractivity contribution in [3.8, 4) is 16.9 Å². The Morgan fingerprint density at radius 2 is 1.77 bits per heavy atom. The average molecular weight is 425 g/mol. The summed E-state index contributed by atoms with van der Waals surface area (Å²) in [6.07, 6.45) is 0. The lowest BCUT2D eigenvalue weighted by Gasteiger charge is -2.10. The SMILES string of the molecule is CCOC(=O)c1c(-c2ccc(OC)cc2)csc1NC(=O)CNCc1ccccc1. The number of thiophene rings is 1. The van der Waals surface area contributed by atoms with Gasteiger partial charge in [0.15, 0.2) is 0 Å². The Balaban J connectivity index is 1.73. The van der Waals surface area contributed by atoms with Gasteiger partial charge in [-0.25, -0.2) is 4.79 Å². The molecule has 0 fully saturated rings. The zero-order chi connectivity index (χ0) is 21.3. The van der Waals surface area contributed by atoms with Crippen LogP contribution < -0.4 is 15.4 Å². The van der Waals surface area contributed by atoms with Crippen molar-refractivity contribution in [2.45, 2.75) is 13.5 Å². The molecule has 156 valence electrons. The van der Waals surface area contributed by atoms with E-state index in [1.165, 1.54) is 11.3 Å². The van der Waals surface area contributed by atoms with Gasteiger partial charge < -0.3 is 20.1 Å². The van der Waals surface area contributed by atoms with Gasteiger partial charge in [-0.1, -0.05) is 42.5 Å². The molecule has 2 N–H and O–H groups in total. The van der Waals surface area contributed by atoms with Crippen LogP contribution in [0.5, 0.6) is 5.75 Å². The number of anilines is 1. The number of nitrogens with one attached hydrogen (secondary N) is 2. The Morgan fingerprint density at radius 3 is 2.43 bits per heavy atom. The maximum Gasteiger partial charge on any atom is 0.341 e. The second-order valence-corrected chi connectivity index (χ2v) is 7.32. The van der Waals surface area contributed by atoms with E-state index in [1.54, 1.807) is 14.0 Å². The summed E-state index contributed by atoms with van der Waals surface area (Å²) in [6.45, 7) is 2.72. The van der Waals surface area contributed by atoms with Crippen molar-refractivity contribution >= 4 is 28.2 Å². The molecule has 1 aromatic heterocycles. The molecule has 3 rings (SSSR count). The molecular weight excluding hydrogens is 400 g/mol. The van der Waals surface area contributed by atoms with Crippen LogP contribution in [0.15, 0.2) is 60.0 Å². The maximum atomic E-state index is 12.6. The fourth-order valence-electron chi connectivity index (χ4n) is 2.93. The summed E-state index contributed by atoms with van der Waals surface area (Å²) in [5.41, 5.74) is 3.02. The lowest BCUT2D eigenvalue weighted by molar-refractivity contribution is -0.115. The van der Waals surface area contributed by atoms with Gasteiger partial charge in [-0.05, 0) is 30.2 Å². The first-order valence-corrected chi connectivity index (χ1v) is 10.5. The molecule has 3 aromatic rings. The first-order chi connectivity index (χ1) is 14.6. The highest BCUT2D eigenvalue weighted by atomic mass is 32.1. The van der Waals surface area contributed by atoms with Gasteiger partial charge >= 0.3 is 5.97 Å². The number of ether oxygens (including phenoxy) is 2. The highest BCUT2D eigenvalue weighted by Gasteiger charge is 2.22. The van der Waals surface area contributed by atoms with Crippen molar-refractivity contribution < 1.29 is 19.1 Å². The van der Waals surface area contributed by atoms with Crippen LogP contribution in [0.25, 0.3) is 11.1 Å². The van der Waals surface area contributed by atoms with Crippen LogP contribution in [-0.2, 0) is 16.1 Å². The fraction of sp³-hybridized carbons (Fsp3) is 0.217. The van der Waals surface area contributed by atoms with Crippen molar-refractivity contribution in [3.05, 3.63) is 71.1 Å². The third-order valence-electron chi connectivity index (χ3n) is 4.38. The molecule has 2 aromatic carbocycles. The molecule has 0 spiro atoms. The van der Waals surface area contributed by atoms with E-state index in [0.717, 1.165) is 16.9 Å². The summed E-state index contributed by atoms with van der Waals surface area (Å²) < 4.78 is 10.4. The number of carbonyl (C=O) groups excluding carboxylic acids is 2. The minimum atomic E-state index is -0.461. The zero-order valence-corrected chi connectivity index (χ0v) is 17.8. The van der Waals surface area contributed by atoms with Crippen LogP contribution in [-0.4, -0.2) is 32.1 Å². The molecule has 7 heteroatoms. The Kier molecular flexibility index (Phi) is 7.59. The van der Waals surface area contributed by atoms with Gasteiger partial charge in [-0.3, -0.25) is 4.79 Å². The maximum absolute atomic E-state index is 12.6. The second kappa shape index (κ2) is 10.6. The molecule has 0 saturated heterocycles. The summed E-state index contributed by atoms with van der Waals surface area (Å²) in [4.78, 5) is 25.0. The summed E-state index contributed by atoms with van der Waals surface area (Å²) in [6, 6.07) is 17.2. The summed E-state index contributed by atoms with van der Waals surface area (Å²) in [5, 5.41) is 8.28. The van der Waals surface area contributed by atoms with Gasteiger partial charge in [-0.2, -0.15) is 0 Å². The first kappa shape index (κ1) is 21.5. The number of carbonyl (C=O) groups is 2. The third kappa shape index (κ3) is 5.46. The van der Waals surface area contributed by atoms with Crippen molar-refractivity contribution in [2.75, 3.05) is 25.6 Å². The van der Waals surface area contributed by atoms with Gasteiger partial charge in [0.05, 0.1) is 20.3 Å². The largest absolute Gasteiger partial charge is 0.497 e. The Bertz CT molecular complexity index is 984. The molecule has 0 saturated carbocycles. The van der Waals surface area contributed by atoms with Gasteiger partial charge in [0.2, 0.25) is 5.91 Å². The molecule has 0 radical (unpaired) electrons. The van der Waals surface area contributed by atoms with Gasteiger partial charge in [-0.15, -0.1) is 11.3 Å². The highest BCUT2D eigenvalue weighted by molar-refractivity contribution is 7.15. The molecule has 0 aliphatic rings. The average Bonchev–Trinajstić information content (AvgIpc) is 3.18. The lowest BCUT2D eigenvalue weighted by atomic mass is 10.0. The molecular formula is C23H24N2O4S. The normalized spacial score (nSPS) is 10.5. The van der Waals surface area contributed by atoms with E-state index in [1.807, 2.05) is 60.0 Å². The predicted octanol–water partition coefficient (Wildman–Crippen LogP) is 4.33. The molecule has 6 nitrogen and oxygen atoms in total. The molecule has 1 heterocycles. The van der Waals surface area contributed by atoms with Crippen molar-refractivity contribution in [2.24, 2.45) is 0 Å². The van der Waals surface area contributed by atoms with E-state index in [9.17, 15) is 9.59 Å². The number of rotatable bonds is 9. The lowest BCUT2D eigenvalue weighted by Crippen LogP contribution is -2.28. The van der Waals surface area contributed by atoms with E-state index in [4.69, 9.17) is 9.47 Å². The molecule has 30 heavy (non-hydrogen) atoms. The molecule has 0 aliphatic carbocycles. The zero-order valence-electron chi connectivity index (χ0n) is 16.9. The Morgan fingerprint density at radius 1 is 1.03 bits per heavy atom. The minimum Gasteiger partial charge on any atom is -0.497 e. The first-order valence-electron chi connectivity index (χ1n) is 9.60. The van der Waals surface area contributed by atoms with Crippen LogP contribution in [0.3, 0.4) is 0 Å². The van der Waals surface area contributed by atoms with Gasteiger partial charge in [0, 0.05) is 17.5 Å². The van der Waals surface area contributed by atoms with E-state index in [2.05, 4.69) is 10.6 Å². The summed E-state index contributed by atoms with van der Waals surface area (Å²) >= 11 is 1.30. The van der Waals surface area contributed by atoms with Crippen molar-refractivity contribution in [3.63, 3.8) is 0 Å². The summed E-state index contributed by atoms with van der Waals surface area (Å²) in [7, 11) is 1.60. The van der Waals surface area contributed by atoms with E-state index in [-0.39, 0.29) is 19.1 Å². The fourth-order valence-corrected chi connectivity index (χ4v) is 3.90. The second-order valence-electron chi connectivity index (χ2n) is 6.44. The van der Waals surface area contributed by atoms with E-state index >= 15 is 0 Å². The van der Waals surface area contributed by atoms with E-state index < -0.39 is 5.97 Å². The van der Waals surface area contributed by atoms with Crippen molar-refractivity contribution in [1.82, 2.24) is 5.32 Å². The number of hydrogen-bond acceptors (Lipinski definition) is 6. The van der Waals surface area contributed by atoms with Crippen LogP contribution in [0.2, 0.25) is 0 Å². The standard InChI is InChI=1S/C23H24N2O4S/c1-3-29-23(27)21-19(17-9-11-18(28-2)12-10-17)15-30-22(21)25-20(26)14-24-13-16-7-5-4-6-8-16/h4-12,15,24H,3,13-14H2,1-2H3,(H,25,26). The molecule has 0 unspecified atom stereocenters. The third-order valence-corrected chi connectivity index (χ3v) is 5.28. The van der Waals surface area contributed by atoms with Crippen molar-refractivity contribution in [1.29, 1.82) is 0 Å². The van der Waals surface area contributed by atoms with Crippen LogP contribution in [0.1, 0.15) is 22.8 Å². The molecule has 1 amide bonds. The molecule has 0 aliphatic heterocycles. The topological polar surface area (TPSA) is 76.7 Å². The predicted molar refractivity (Wildman–Crippen MR) is 119 cm³/mol. The molecule has 0 atom stereocenters. The number of benzene rings is 2. The van der Waals surface area contributed by atoms with E-state index in [0.29, 0.717) is 22.7 Å². The van der Waals surface area contributed by atoms with Gasteiger partial charge in [0.1, 0.15) is 16.3 Å². The number of amides is 1. The highest BCUT2D eigenvalue weighted by Crippen LogP contribution is 2.36. The molecule has 0 bridgehead atoms. The monoisotopic (exact) mass is 424 g/mol.